The van der Waals surface area contributed by atoms with Gasteiger partial charge in [-0.3, -0.25) is 23.4 Å². The molecular formula is C42H82NO10P. The van der Waals surface area contributed by atoms with Gasteiger partial charge in [0.15, 0.2) is 11.6 Å². The lowest BCUT2D eigenvalue weighted by molar-refractivity contribution is -0.165. The van der Waals surface area contributed by atoms with Crippen LogP contribution in [0.5, 0.6) is 0 Å². The number of carbonyl (C=O) groups excluding carboxylic acids is 2. The van der Waals surface area contributed by atoms with E-state index in [1.807, 2.05) is 0 Å². The molecular weight excluding hydrogens is 709 g/mol. The highest BCUT2D eigenvalue weighted by Gasteiger charge is 2.55. The number of carboxylic acid groups (broad SMARTS) is 1. The van der Waals surface area contributed by atoms with Crippen LogP contribution in [0.2, 0.25) is 0 Å². The molecule has 0 aromatic heterocycles. The standard InChI is InChI=1S/C42H82NO10P/c1-3-5-7-9-11-13-15-17-19-21-23-25-27-29-31-33-38(45)42(40(47)35-44,53-54(50,51)52-36-37(43)41(48)49)39(46)34-32-30-28-26-24-22-20-18-16-14-12-10-8-6-4-2/h37,40,44,47H,3-36,43H2,1-2H3,(H,48,49)(H,50,51)/t37-,40-/m0/s1. The molecule has 1 unspecified atom stereocenters. The lowest BCUT2D eigenvalue weighted by Gasteiger charge is -2.35. The third kappa shape index (κ3) is 26.6. The number of aliphatic carboxylic acids is 1. The Morgan fingerprint density at radius 3 is 1.11 bits per heavy atom. The van der Waals surface area contributed by atoms with Crippen LogP contribution in [-0.2, 0) is 28.0 Å². The lowest BCUT2D eigenvalue weighted by Crippen LogP contribution is -2.58. The maximum absolute atomic E-state index is 13.7. The van der Waals surface area contributed by atoms with Crippen LogP contribution in [-0.4, -0.2) is 68.7 Å². The lowest BCUT2D eigenvalue weighted by atomic mass is 9.82. The van der Waals surface area contributed by atoms with Crippen molar-refractivity contribution in [3.63, 3.8) is 0 Å². The fraction of sp³-hybridized carbons (Fsp3) is 0.929. The maximum Gasteiger partial charge on any atom is 0.473 e. The smallest absolute Gasteiger partial charge is 0.473 e. The van der Waals surface area contributed by atoms with Crippen LogP contribution < -0.4 is 5.73 Å². The molecule has 0 heterocycles. The number of aliphatic hydroxyl groups excluding tert-OH is 2. The fourth-order valence-electron chi connectivity index (χ4n) is 6.96. The maximum atomic E-state index is 13.7. The van der Waals surface area contributed by atoms with Crippen molar-refractivity contribution in [1.29, 1.82) is 0 Å². The number of ketones is 2. The molecule has 0 bridgehead atoms. The number of rotatable bonds is 42. The average molecular weight is 792 g/mol. The Hall–Kier alpha value is -1.20. The topological polar surface area (TPSA) is 194 Å². The van der Waals surface area contributed by atoms with Crippen molar-refractivity contribution in [3.8, 4) is 0 Å². The quantitative estimate of drug-likeness (QED) is 0.0224. The molecule has 320 valence electrons. The predicted octanol–water partition coefficient (Wildman–Crippen LogP) is 10.3. The van der Waals surface area contributed by atoms with Crippen molar-refractivity contribution >= 4 is 25.4 Å². The second-order valence-corrected chi connectivity index (χ2v) is 16.9. The zero-order valence-corrected chi connectivity index (χ0v) is 35.4. The third-order valence-corrected chi connectivity index (χ3v) is 11.5. The summed E-state index contributed by atoms with van der Waals surface area (Å²) in [5.41, 5.74) is 2.56. The Bertz CT molecular complexity index is 935. The van der Waals surface area contributed by atoms with E-state index in [0.717, 1.165) is 38.5 Å². The van der Waals surface area contributed by atoms with Gasteiger partial charge in [-0.15, -0.1) is 0 Å². The molecule has 0 radical (unpaired) electrons. The molecule has 0 fully saturated rings. The summed E-state index contributed by atoms with van der Waals surface area (Å²) in [4.78, 5) is 49.0. The summed E-state index contributed by atoms with van der Waals surface area (Å²) < 4.78 is 22.9. The molecule has 6 N–H and O–H groups in total. The highest BCUT2D eigenvalue weighted by Crippen LogP contribution is 2.49. The van der Waals surface area contributed by atoms with Crippen LogP contribution in [0.15, 0.2) is 0 Å². The van der Waals surface area contributed by atoms with Crippen LogP contribution in [0.3, 0.4) is 0 Å². The Labute approximate surface area is 328 Å². The first-order valence-corrected chi connectivity index (χ1v) is 23.5. The molecule has 12 heteroatoms. The van der Waals surface area contributed by atoms with Crippen LogP contribution in [0.1, 0.15) is 219 Å². The summed E-state index contributed by atoms with van der Waals surface area (Å²) in [5.74, 6) is -3.32. The first kappa shape index (κ1) is 52.8. The first-order valence-electron chi connectivity index (χ1n) is 22.0. The molecule has 0 saturated heterocycles. The molecule has 11 nitrogen and oxygen atoms in total. The normalized spacial score (nSPS) is 14.2. The zero-order chi connectivity index (χ0) is 40.3. The van der Waals surface area contributed by atoms with Gasteiger partial charge in [0.05, 0.1) is 13.2 Å². The van der Waals surface area contributed by atoms with Crippen molar-refractivity contribution in [3.05, 3.63) is 0 Å². The SMILES string of the molecule is CCCCCCCCCCCCCCCCCC(=O)C(OP(=O)(O)OC[C@H](N)C(=O)O)(C(=O)CCCCCCCCCCCCCCCCC)[C@@H](O)CO. The summed E-state index contributed by atoms with van der Waals surface area (Å²) in [5, 5.41) is 29.8. The van der Waals surface area contributed by atoms with E-state index in [2.05, 4.69) is 13.8 Å². The Morgan fingerprint density at radius 2 is 0.852 bits per heavy atom. The number of hydrogen-bond acceptors (Lipinski definition) is 9. The monoisotopic (exact) mass is 792 g/mol. The van der Waals surface area contributed by atoms with Gasteiger partial charge in [-0.2, -0.15) is 0 Å². The fourth-order valence-corrected chi connectivity index (χ4v) is 8.05. The Kier molecular flexibility index (Phi) is 34.2. The molecule has 3 atom stereocenters. The van der Waals surface area contributed by atoms with E-state index >= 15 is 0 Å². The van der Waals surface area contributed by atoms with E-state index in [-0.39, 0.29) is 12.8 Å². The van der Waals surface area contributed by atoms with Crippen molar-refractivity contribution in [2.75, 3.05) is 13.2 Å². The minimum absolute atomic E-state index is 0.214. The van der Waals surface area contributed by atoms with Gasteiger partial charge in [0, 0.05) is 12.8 Å². The van der Waals surface area contributed by atoms with Crippen molar-refractivity contribution in [2.24, 2.45) is 5.73 Å². The number of carbonyl (C=O) groups is 3. The second kappa shape index (κ2) is 35.0. The summed E-state index contributed by atoms with van der Waals surface area (Å²) >= 11 is 0. The third-order valence-electron chi connectivity index (χ3n) is 10.5. The van der Waals surface area contributed by atoms with Crippen LogP contribution in [0.4, 0.5) is 0 Å². The van der Waals surface area contributed by atoms with Gasteiger partial charge >= 0.3 is 13.8 Å². The molecule has 0 aliphatic rings. The van der Waals surface area contributed by atoms with E-state index < -0.39 is 56.3 Å². The summed E-state index contributed by atoms with van der Waals surface area (Å²) in [6.45, 7) is 2.45. The van der Waals surface area contributed by atoms with Gasteiger partial charge in [-0.1, -0.05) is 194 Å². The highest BCUT2D eigenvalue weighted by atomic mass is 31.2. The molecule has 0 aromatic carbocycles. The van der Waals surface area contributed by atoms with Crippen molar-refractivity contribution in [1.82, 2.24) is 0 Å². The van der Waals surface area contributed by atoms with E-state index in [9.17, 15) is 34.1 Å². The van der Waals surface area contributed by atoms with Crippen molar-refractivity contribution in [2.45, 2.75) is 237 Å². The second-order valence-electron chi connectivity index (χ2n) is 15.5. The zero-order valence-electron chi connectivity index (χ0n) is 34.5. The number of unbranched alkanes of at least 4 members (excludes halogenated alkanes) is 28. The molecule has 0 saturated carbocycles. The number of Topliss-reactive ketones (excluding diaryl/α,β-unsaturated/α-hetero) is 2. The van der Waals surface area contributed by atoms with Gasteiger partial charge in [0.2, 0.25) is 5.60 Å². The van der Waals surface area contributed by atoms with E-state index in [0.29, 0.717) is 25.7 Å². The highest BCUT2D eigenvalue weighted by molar-refractivity contribution is 7.47. The van der Waals surface area contributed by atoms with Crippen LogP contribution >= 0.6 is 7.82 Å². The summed E-state index contributed by atoms with van der Waals surface area (Å²) in [6, 6.07) is -1.67. The molecule has 0 spiro atoms. The van der Waals surface area contributed by atoms with Gasteiger partial charge in [-0.25, -0.2) is 4.57 Å². The van der Waals surface area contributed by atoms with E-state index in [1.165, 1.54) is 128 Å². The Morgan fingerprint density at radius 1 is 0.574 bits per heavy atom. The van der Waals surface area contributed by atoms with E-state index in [4.69, 9.17) is 19.9 Å². The molecule has 0 aliphatic carbocycles. The molecule has 0 amide bonds. The molecule has 0 aliphatic heterocycles. The van der Waals surface area contributed by atoms with Gasteiger partial charge in [0.1, 0.15) is 12.1 Å². The van der Waals surface area contributed by atoms with Crippen LogP contribution in [0, 0.1) is 0 Å². The number of hydrogen-bond donors (Lipinski definition) is 5. The number of aliphatic hydroxyl groups is 2. The molecule has 54 heavy (non-hydrogen) atoms. The average Bonchev–Trinajstić information content (AvgIpc) is 3.15. The van der Waals surface area contributed by atoms with E-state index in [1.54, 1.807) is 0 Å². The predicted molar refractivity (Wildman–Crippen MR) is 217 cm³/mol. The van der Waals surface area contributed by atoms with Gasteiger partial charge in [-0.05, 0) is 12.8 Å². The minimum atomic E-state index is -5.29. The number of phosphoric acid groups is 1. The summed E-state index contributed by atoms with van der Waals surface area (Å²) in [6.07, 6.45) is 31.2. The molecule has 0 aromatic rings. The number of carboxylic acids is 1. The number of nitrogens with two attached hydrogens (primary N) is 1. The minimum Gasteiger partial charge on any atom is -0.480 e. The molecule has 0 rings (SSSR count). The Balaban J connectivity index is 4.94. The first-order chi connectivity index (χ1) is 26.0. The van der Waals surface area contributed by atoms with Gasteiger partial charge < -0.3 is 25.9 Å². The van der Waals surface area contributed by atoms with Crippen molar-refractivity contribution < 1.29 is 48.2 Å². The summed E-state index contributed by atoms with van der Waals surface area (Å²) in [7, 11) is -5.29. The largest absolute Gasteiger partial charge is 0.480 e. The number of phosphoric ester groups is 1. The van der Waals surface area contributed by atoms with Gasteiger partial charge in [0.25, 0.3) is 0 Å². The van der Waals surface area contributed by atoms with Crippen LogP contribution in [0.25, 0.3) is 0 Å².